The van der Waals surface area contributed by atoms with Crippen LogP contribution in [0.15, 0.2) is 4.42 Å². The smallest absolute Gasteiger partial charge is 0.413 e. The van der Waals surface area contributed by atoms with Crippen molar-refractivity contribution in [3.63, 3.8) is 0 Å². The molecule has 1 amide bonds. The van der Waals surface area contributed by atoms with Gasteiger partial charge in [0.25, 0.3) is 0 Å². The second-order valence-corrected chi connectivity index (χ2v) is 2.72. The van der Waals surface area contributed by atoms with Gasteiger partial charge in [-0.25, -0.2) is 4.79 Å². The Balaban J connectivity index is 3.04. The zero-order valence-electron chi connectivity index (χ0n) is 8.17. The molecule has 0 aliphatic heterocycles. The molecule has 0 aliphatic rings. The van der Waals surface area contributed by atoms with Crippen LogP contribution >= 0.6 is 0 Å². The largest absolute Gasteiger partial charge is 0.453 e. The van der Waals surface area contributed by atoms with Crippen molar-refractivity contribution in [1.82, 2.24) is 0 Å². The number of methoxy groups -OCH3 is 1. The molecule has 0 aromatic carbocycles. The zero-order chi connectivity index (χ0) is 10.7. The third-order valence-corrected chi connectivity index (χ3v) is 1.90. The first-order chi connectivity index (χ1) is 6.60. The van der Waals surface area contributed by atoms with Gasteiger partial charge in [-0.15, -0.1) is 0 Å². The van der Waals surface area contributed by atoms with Crippen molar-refractivity contribution < 1.29 is 13.9 Å². The van der Waals surface area contributed by atoms with Crippen molar-refractivity contribution in [3.05, 3.63) is 16.9 Å². The molecule has 0 saturated carbocycles. The van der Waals surface area contributed by atoms with Gasteiger partial charge < -0.3 is 9.15 Å². The van der Waals surface area contributed by atoms with Gasteiger partial charge in [0.1, 0.15) is 17.4 Å². The number of furan rings is 1. The molecule has 0 bridgehead atoms. The SMILES string of the molecule is COC(=O)Nc1oc(C)c(C)c1C#N. The van der Waals surface area contributed by atoms with Crippen LogP contribution in [0.25, 0.3) is 0 Å². The number of aryl methyl sites for hydroxylation is 1. The maximum absolute atomic E-state index is 10.9. The topological polar surface area (TPSA) is 75.3 Å². The molecule has 1 rings (SSSR count). The van der Waals surface area contributed by atoms with Gasteiger partial charge >= 0.3 is 6.09 Å². The van der Waals surface area contributed by atoms with Gasteiger partial charge in [0, 0.05) is 5.56 Å². The fourth-order valence-electron chi connectivity index (χ4n) is 0.993. The van der Waals surface area contributed by atoms with Gasteiger partial charge in [-0.2, -0.15) is 5.26 Å². The van der Waals surface area contributed by atoms with Crippen molar-refractivity contribution in [3.8, 4) is 6.07 Å². The van der Waals surface area contributed by atoms with Gasteiger partial charge in [-0.3, -0.25) is 5.32 Å². The average molecular weight is 194 g/mol. The first kappa shape index (κ1) is 10.1. The van der Waals surface area contributed by atoms with E-state index in [1.54, 1.807) is 13.8 Å². The lowest BCUT2D eigenvalue weighted by Crippen LogP contribution is -2.11. The minimum atomic E-state index is -0.657. The Labute approximate surface area is 81.3 Å². The fourth-order valence-corrected chi connectivity index (χ4v) is 0.993. The lowest BCUT2D eigenvalue weighted by Gasteiger charge is -1.98. The number of ether oxygens (including phenoxy) is 1. The van der Waals surface area contributed by atoms with Gasteiger partial charge in [-0.05, 0) is 13.8 Å². The van der Waals surface area contributed by atoms with Crippen molar-refractivity contribution in [2.45, 2.75) is 13.8 Å². The molecular formula is C9H10N2O3. The molecule has 0 radical (unpaired) electrons. The van der Waals surface area contributed by atoms with Crippen LogP contribution in [0.2, 0.25) is 0 Å². The molecule has 1 N–H and O–H groups in total. The van der Waals surface area contributed by atoms with Crippen LogP contribution in [0.3, 0.4) is 0 Å². The number of nitriles is 1. The Morgan fingerprint density at radius 2 is 2.21 bits per heavy atom. The van der Waals surface area contributed by atoms with Gasteiger partial charge in [0.05, 0.1) is 7.11 Å². The summed E-state index contributed by atoms with van der Waals surface area (Å²) in [6.45, 7) is 3.47. The summed E-state index contributed by atoms with van der Waals surface area (Å²) in [6.07, 6.45) is -0.657. The van der Waals surface area contributed by atoms with E-state index in [0.717, 1.165) is 5.56 Å². The Bertz CT molecular complexity index is 401. The number of anilines is 1. The second-order valence-electron chi connectivity index (χ2n) is 2.72. The maximum atomic E-state index is 10.9. The Kier molecular flexibility index (Phi) is 2.77. The van der Waals surface area contributed by atoms with Gasteiger partial charge in [0.2, 0.25) is 5.88 Å². The van der Waals surface area contributed by atoms with Crippen LogP contribution in [-0.4, -0.2) is 13.2 Å². The molecule has 0 unspecified atom stereocenters. The van der Waals surface area contributed by atoms with E-state index in [-0.39, 0.29) is 5.88 Å². The molecule has 1 aromatic rings. The van der Waals surface area contributed by atoms with Gasteiger partial charge in [-0.1, -0.05) is 0 Å². The number of nitrogens with one attached hydrogen (secondary N) is 1. The molecule has 0 aliphatic carbocycles. The minimum Gasteiger partial charge on any atom is -0.453 e. The van der Waals surface area contributed by atoms with Crippen LogP contribution in [0.5, 0.6) is 0 Å². The highest BCUT2D eigenvalue weighted by Gasteiger charge is 2.16. The summed E-state index contributed by atoms with van der Waals surface area (Å²) in [5.74, 6) is 0.738. The van der Waals surface area contributed by atoms with Crippen molar-refractivity contribution >= 4 is 12.0 Å². The Morgan fingerprint density at radius 1 is 1.57 bits per heavy atom. The summed E-state index contributed by atoms with van der Waals surface area (Å²) < 4.78 is 9.56. The average Bonchev–Trinajstić information content (AvgIpc) is 2.42. The third-order valence-electron chi connectivity index (χ3n) is 1.90. The lowest BCUT2D eigenvalue weighted by molar-refractivity contribution is 0.186. The van der Waals surface area contributed by atoms with Crippen LogP contribution < -0.4 is 5.32 Å². The van der Waals surface area contributed by atoms with E-state index < -0.39 is 6.09 Å². The molecule has 0 spiro atoms. The van der Waals surface area contributed by atoms with Crippen LogP contribution in [0.4, 0.5) is 10.7 Å². The predicted molar refractivity (Wildman–Crippen MR) is 48.9 cm³/mol. The van der Waals surface area contributed by atoms with E-state index in [2.05, 4.69) is 10.1 Å². The van der Waals surface area contributed by atoms with E-state index in [4.69, 9.17) is 9.68 Å². The lowest BCUT2D eigenvalue weighted by atomic mass is 10.2. The number of carbonyl (C=O) groups is 1. The van der Waals surface area contributed by atoms with E-state index in [9.17, 15) is 4.79 Å². The molecule has 5 heteroatoms. The molecule has 74 valence electrons. The van der Waals surface area contributed by atoms with E-state index in [1.807, 2.05) is 6.07 Å². The summed E-state index contributed by atoms with van der Waals surface area (Å²) in [4.78, 5) is 10.9. The standard InChI is InChI=1S/C9H10N2O3/c1-5-6(2)14-8(7(5)4-10)11-9(12)13-3/h1-3H3,(H,11,12). The normalized spacial score (nSPS) is 9.29. The Morgan fingerprint density at radius 3 is 2.71 bits per heavy atom. The third kappa shape index (κ3) is 1.69. The van der Waals surface area contributed by atoms with Crippen molar-refractivity contribution in [1.29, 1.82) is 5.26 Å². The fraction of sp³-hybridized carbons (Fsp3) is 0.333. The number of rotatable bonds is 1. The summed E-state index contributed by atoms with van der Waals surface area (Å²) >= 11 is 0. The highest BCUT2D eigenvalue weighted by Crippen LogP contribution is 2.25. The van der Waals surface area contributed by atoms with Gasteiger partial charge in [0.15, 0.2) is 0 Å². The second kappa shape index (κ2) is 3.83. The highest BCUT2D eigenvalue weighted by atomic mass is 16.5. The molecule has 14 heavy (non-hydrogen) atoms. The van der Waals surface area contributed by atoms with E-state index in [0.29, 0.717) is 11.3 Å². The number of amides is 1. The molecule has 0 atom stereocenters. The van der Waals surface area contributed by atoms with Crippen LogP contribution in [0.1, 0.15) is 16.9 Å². The highest BCUT2D eigenvalue weighted by molar-refractivity contribution is 5.84. The first-order valence-electron chi connectivity index (χ1n) is 3.95. The predicted octanol–water partition coefficient (Wildman–Crippen LogP) is 1.95. The summed E-state index contributed by atoms with van der Waals surface area (Å²) in [5.41, 5.74) is 1.05. The minimum absolute atomic E-state index is 0.134. The molecular weight excluding hydrogens is 184 g/mol. The van der Waals surface area contributed by atoms with E-state index >= 15 is 0 Å². The molecule has 5 nitrogen and oxygen atoms in total. The Hall–Kier alpha value is -1.96. The van der Waals surface area contributed by atoms with E-state index in [1.165, 1.54) is 7.11 Å². The van der Waals surface area contributed by atoms with Crippen molar-refractivity contribution in [2.75, 3.05) is 12.4 Å². The summed E-state index contributed by atoms with van der Waals surface area (Å²) in [6, 6.07) is 1.95. The van der Waals surface area contributed by atoms with Crippen molar-refractivity contribution in [2.24, 2.45) is 0 Å². The molecule has 0 fully saturated rings. The molecule has 0 saturated heterocycles. The van der Waals surface area contributed by atoms with Crippen LogP contribution in [-0.2, 0) is 4.74 Å². The number of hydrogen-bond donors (Lipinski definition) is 1. The maximum Gasteiger partial charge on any atom is 0.413 e. The van der Waals surface area contributed by atoms with Crippen LogP contribution in [0, 0.1) is 25.2 Å². The zero-order valence-corrected chi connectivity index (χ0v) is 8.17. The summed E-state index contributed by atoms with van der Waals surface area (Å²) in [7, 11) is 1.24. The number of hydrogen-bond acceptors (Lipinski definition) is 4. The molecule has 1 heterocycles. The number of nitrogens with zero attached hydrogens (tertiary/aromatic N) is 1. The first-order valence-corrected chi connectivity index (χ1v) is 3.95. The summed E-state index contributed by atoms with van der Waals surface area (Å²) in [5, 5.41) is 11.1. The quantitative estimate of drug-likeness (QED) is 0.741. The number of carbonyl (C=O) groups excluding carboxylic acids is 1. The molecule has 1 aromatic heterocycles. The monoisotopic (exact) mass is 194 g/mol.